The molecule has 0 bridgehead atoms. The Morgan fingerprint density at radius 3 is 2.76 bits per heavy atom. The van der Waals surface area contributed by atoms with E-state index in [1.54, 1.807) is 11.3 Å². The molecule has 0 saturated heterocycles. The Bertz CT molecular complexity index is 427. The van der Waals surface area contributed by atoms with Gasteiger partial charge in [-0.15, -0.1) is 11.3 Å². The molecule has 2 atom stereocenters. The van der Waals surface area contributed by atoms with Crippen molar-refractivity contribution in [2.24, 2.45) is 0 Å². The maximum atomic E-state index is 4.37. The van der Waals surface area contributed by atoms with E-state index in [9.17, 15) is 0 Å². The molecule has 1 N–H and O–H groups in total. The van der Waals surface area contributed by atoms with E-state index < -0.39 is 0 Å². The number of hydrogen-bond acceptors (Lipinski definition) is 4. The summed E-state index contributed by atoms with van der Waals surface area (Å²) in [7, 11) is 0. The van der Waals surface area contributed by atoms with E-state index in [0.717, 1.165) is 17.1 Å². The lowest BCUT2D eigenvalue weighted by atomic mass is 10.1. The van der Waals surface area contributed by atoms with Crippen molar-refractivity contribution < 1.29 is 0 Å². The second-order valence-corrected chi connectivity index (χ2v) is 4.90. The van der Waals surface area contributed by atoms with Gasteiger partial charge in [0.15, 0.2) is 0 Å². The fourth-order valence-corrected chi connectivity index (χ4v) is 2.57. The van der Waals surface area contributed by atoms with Crippen molar-refractivity contribution in [2.75, 3.05) is 0 Å². The van der Waals surface area contributed by atoms with Crippen molar-refractivity contribution in [1.29, 1.82) is 0 Å². The van der Waals surface area contributed by atoms with Crippen LogP contribution in [0.2, 0.25) is 0 Å². The zero-order chi connectivity index (χ0) is 12.1. The molecule has 0 fully saturated rings. The minimum absolute atomic E-state index is 0.241. The quantitative estimate of drug-likeness (QED) is 0.880. The molecule has 0 saturated carbocycles. The second kappa shape index (κ2) is 5.89. The highest BCUT2D eigenvalue weighted by Crippen LogP contribution is 2.22. The number of pyridine rings is 1. The Labute approximate surface area is 106 Å². The van der Waals surface area contributed by atoms with E-state index in [-0.39, 0.29) is 6.04 Å². The number of rotatable bonds is 5. The maximum Gasteiger partial charge on any atom is 0.109 e. The van der Waals surface area contributed by atoms with Gasteiger partial charge in [0.2, 0.25) is 0 Å². The molecule has 2 aromatic heterocycles. The van der Waals surface area contributed by atoms with Crippen LogP contribution in [0.4, 0.5) is 0 Å². The minimum atomic E-state index is 0.241. The van der Waals surface area contributed by atoms with Crippen LogP contribution in [-0.4, -0.2) is 9.97 Å². The summed E-state index contributed by atoms with van der Waals surface area (Å²) in [4.78, 5) is 8.74. The van der Waals surface area contributed by atoms with Crippen LogP contribution in [0.3, 0.4) is 0 Å². The van der Waals surface area contributed by atoms with Gasteiger partial charge in [0, 0.05) is 23.8 Å². The Kier molecular flexibility index (Phi) is 4.23. The van der Waals surface area contributed by atoms with Gasteiger partial charge in [-0.25, -0.2) is 4.98 Å². The van der Waals surface area contributed by atoms with Crippen LogP contribution in [-0.2, 0) is 0 Å². The summed E-state index contributed by atoms with van der Waals surface area (Å²) in [5.74, 6) is 0. The molecule has 4 heteroatoms. The lowest BCUT2D eigenvalue weighted by molar-refractivity contribution is 0.448. The zero-order valence-corrected chi connectivity index (χ0v) is 10.9. The van der Waals surface area contributed by atoms with Crippen LogP contribution in [0, 0.1) is 0 Å². The van der Waals surface area contributed by atoms with Crippen LogP contribution in [0.1, 0.15) is 43.1 Å². The van der Waals surface area contributed by atoms with Gasteiger partial charge in [-0.1, -0.05) is 13.0 Å². The Hall–Kier alpha value is -1.26. The first kappa shape index (κ1) is 12.2. The molecular formula is C13H17N3S. The number of nitrogens with zero attached hydrogens (tertiary/aromatic N) is 2. The standard InChI is InChI=1S/C13H17N3S/c1-3-11(13-15-8-9-17-13)16-10(2)12-6-4-5-7-14-12/h4-11,16H,3H2,1-2H3. The summed E-state index contributed by atoms with van der Waals surface area (Å²) in [5.41, 5.74) is 1.07. The third-order valence-corrected chi connectivity index (χ3v) is 3.63. The Balaban J connectivity index is 2.05. The van der Waals surface area contributed by atoms with E-state index in [4.69, 9.17) is 0 Å². The molecule has 0 aliphatic rings. The molecule has 0 aromatic carbocycles. The third-order valence-electron chi connectivity index (χ3n) is 2.74. The molecule has 2 heterocycles. The fraction of sp³-hybridized carbons (Fsp3) is 0.385. The molecule has 2 unspecified atom stereocenters. The molecule has 17 heavy (non-hydrogen) atoms. The lowest BCUT2D eigenvalue weighted by Gasteiger charge is -2.20. The largest absolute Gasteiger partial charge is 0.300 e. The van der Waals surface area contributed by atoms with Crippen LogP contribution in [0.5, 0.6) is 0 Å². The van der Waals surface area contributed by atoms with E-state index in [1.807, 2.05) is 36.0 Å². The zero-order valence-electron chi connectivity index (χ0n) is 10.1. The predicted octanol–water partition coefficient (Wildman–Crippen LogP) is 3.34. The van der Waals surface area contributed by atoms with Gasteiger partial charge in [-0.3, -0.25) is 10.3 Å². The van der Waals surface area contributed by atoms with Crippen molar-refractivity contribution in [1.82, 2.24) is 15.3 Å². The van der Waals surface area contributed by atoms with E-state index >= 15 is 0 Å². The third kappa shape index (κ3) is 3.11. The van der Waals surface area contributed by atoms with Gasteiger partial charge in [0.1, 0.15) is 5.01 Å². The molecule has 0 aliphatic carbocycles. The van der Waals surface area contributed by atoms with E-state index in [0.29, 0.717) is 6.04 Å². The Morgan fingerprint density at radius 2 is 2.18 bits per heavy atom. The molecule has 3 nitrogen and oxygen atoms in total. The molecule has 90 valence electrons. The first-order valence-electron chi connectivity index (χ1n) is 5.87. The van der Waals surface area contributed by atoms with Crippen molar-refractivity contribution in [3.8, 4) is 0 Å². The summed E-state index contributed by atoms with van der Waals surface area (Å²) in [5, 5.41) is 6.74. The van der Waals surface area contributed by atoms with Crippen molar-refractivity contribution in [3.05, 3.63) is 46.7 Å². The fourth-order valence-electron chi connectivity index (χ4n) is 1.79. The lowest BCUT2D eigenvalue weighted by Crippen LogP contribution is -2.24. The topological polar surface area (TPSA) is 37.8 Å². The number of nitrogens with one attached hydrogen (secondary N) is 1. The van der Waals surface area contributed by atoms with Gasteiger partial charge in [0.25, 0.3) is 0 Å². The molecular weight excluding hydrogens is 230 g/mol. The normalized spacial score (nSPS) is 14.5. The molecule has 2 rings (SSSR count). The smallest absolute Gasteiger partial charge is 0.109 e. The maximum absolute atomic E-state index is 4.37. The summed E-state index contributed by atoms with van der Waals surface area (Å²) in [6.45, 7) is 4.31. The van der Waals surface area contributed by atoms with E-state index in [2.05, 4.69) is 29.1 Å². The molecule has 0 aliphatic heterocycles. The number of hydrogen-bond donors (Lipinski definition) is 1. The van der Waals surface area contributed by atoms with Crippen molar-refractivity contribution in [3.63, 3.8) is 0 Å². The number of aromatic nitrogens is 2. The summed E-state index contributed by atoms with van der Waals surface area (Å²) in [6.07, 6.45) is 4.72. The monoisotopic (exact) mass is 247 g/mol. The van der Waals surface area contributed by atoms with Crippen LogP contribution < -0.4 is 5.32 Å². The summed E-state index contributed by atoms with van der Waals surface area (Å²) < 4.78 is 0. The molecule has 0 radical (unpaired) electrons. The number of thiazole rings is 1. The minimum Gasteiger partial charge on any atom is -0.300 e. The van der Waals surface area contributed by atoms with Gasteiger partial charge in [-0.2, -0.15) is 0 Å². The van der Waals surface area contributed by atoms with E-state index in [1.165, 1.54) is 0 Å². The van der Waals surface area contributed by atoms with Crippen LogP contribution in [0.15, 0.2) is 36.0 Å². The van der Waals surface area contributed by atoms with Crippen LogP contribution in [0.25, 0.3) is 0 Å². The summed E-state index contributed by atoms with van der Waals surface area (Å²) >= 11 is 1.70. The highest BCUT2D eigenvalue weighted by atomic mass is 32.1. The molecule has 0 spiro atoms. The van der Waals surface area contributed by atoms with Gasteiger partial charge >= 0.3 is 0 Å². The molecule has 2 aromatic rings. The van der Waals surface area contributed by atoms with Gasteiger partial charge in [-0.05, 0) is 25.5 Å². The van der Waals surface area contributed by atoms with Gasteiger partial charge < -0.3 is 0 Å². The van der Waals surface area contributed by atoms with Crippen molar-refractivity contribution >= 4 is 11.3 Å². The average molecular weight is 247 g/mol. The highest BCUT2D eigenvalue weighted by Gasteiger charge is 2.15. The molecule has 0 amide bonds. The van der Waals surface area contributed by atoms with Crippen LogP contribution >= 0.6 is 11.3 Å². The highest BCUT2D eigenvalue weighted by molar-refractivity contribution is 7.09. The average Bonchev–Trinajstić information content (AvgIpc) is 2.90. The second-order valence-electron chi connectivity index (χ2n) is 3.97. The first-order chi connectivity index (χ1) is 8.31. The SMILES string of the molecule is CCC(NC(C)c1ccccn1)c1nccs1. The first-order valence-corrected chi connectivity index (χ1v) is 6.75. The Morgan fingerprint density at radius 1 is 1.29 bits per heavy atom. The van der Waals surface area contributed by atoms with Gasteiger partial charge in [0.05, 0.1) is 11.7 Å². The summed E-state index contributed by atoms with van der Waals surface area (Å²) in [6, 6.07) is 6.56. The van der Waals surface area contributed by atoms with Crippen molar-refractivity contribution in [2.45, 2.75) is 32.4 Å². The predicted molar refractivity (Wildman–Crippen MR) is 70.9 cm³/mol.